The normalized spacial score (nSPS) is 26.2. The minimum absolute atomic E-state index is 0.0707. The lowest BCUT2D eigenvalue weighted by molar-refractivity contribution is 0.0722. The van der Waals surface area contributed by atoms with Gasteiger partial charge in [0.1, 0.15) is 12.0 Å². The zero-order valence-electron chi connectivity index (χ0n) is 12.5. The smallest absolute Gasteiger partial charge is 0.274 e. The molecule has 114 valence electrons. The maximum absolute atomic E-state index is 12.7. The molecule has 3 heterocycles. The van der Waals surface area contributed by atoms with Gasteiger partial charge < -0.3 is 4.90 Å². The van der Waals surface area contributed by atoms with Crippen LogP contribution in [0.3, 0.4) is 0 Å². The van der Waals surface area contributed by atoms with E-state index in [4.69, 9.17) is 11.6 Å². The predicted octanol–water partition coefficient (Wildman–Crippen LogP) is 2.22. The fraction of sp³-hybridized carbons (Fsp3) is 0.667. The summed E-state index contributed by atoms with van der Waals surface area (Å²) in [6.45, 7) is 6.03. The fourth-order valence-corrected chi connectivity index (χ4v) is 3.94. The number of carbonyl (C=O) groups is 1. The molecular weight excluding hydrogens is 288 g/mol. The van der Waals surface area contributed by atoms with Crippen LogP contribution < -0.4 is 0 Å². The minimum atomic E-state index is -0.0707. The van der Waals surface area contributed by atoms with Crippen LogP contribution in [-0.2, 0) is 0 Å². The van der Waals surface area contributed by atoms with Crippen LogP contribution in [0.2, 0.25) is 5.02 Å². The molecule has 2 aliphatic heterocycles. The first-order valence-electron chi connectivity index (χ1n) is 7.60. The summed E-state index contributed by atoms with van der Waals surface area (Å²) in [6.07, 6.45) is 6.31. The molecule has 0 radical (unpaired) electrons. The summed E-state index contributed by atoms with van der Waals surface area (Å²) in [5, 5.41) is 0.331. The maximum Gasteiger partial charge on any atom is 0.274 e. The number of hydrogen-bond acceptors (Lipinski definition) is 4. The third-order valence-electron chi connectivity index (χ3n) is 4.59. The molecule has 1 amide bonds. The van der Waals surface area contributed by atoms with Crippen LogP contribution in [0.15, 0.2) is 12.5 Å². The zero-order chi connectivity index (χ0) is 15.0. The molecule has 2 fully saturated rings. The Balaban J connectivity index is 1.79. The molecule has 2 bridgehead atoms. The molecule has 2 unspecified atom stereocenters. The van der Waals surface area contributed by atoms with Crippen molar-refractivity contribution in [2.24, 2.45) is 0 Å². The van der Waals surface area contributed by atoms with E-state index in [1.54, 1.807) is 0 Å². The van der Waals surface area contributed by atoms with Crippen molar-refractivity contribution >= 4 is 17.5 Å². The van der Waals surface area contributed by atoms with Crippen molar-refractivity contribution in [3.05, 3.63) is 23.2 Å². The van der Waals surface area contributed by atoms with Crippen LogP contribution in [-0.4, -0.2) is 56.9 Å². The third-order valence-corrected chi connectivity index (χ3v) is 4.87. The molecule has 3 rings (SSSR count). The number of amides is 1. The van der Waals surface area contributed by atoms with Gasteiger partial charge in [0.25, 0.3) is 5.91 Å². The van der Waals surface area contributed by atoms with E-state index in [9.17, 15) is 4.79 Å². The quantitative estimate of drug-likeness (QED) is 0.840. The van der Waals surface area contributed by atoms with E-state index in [1.165, 1.54) is 25.4 Å². The molecule has 6 heteroatoms. The second-order valence-electron chi connectivity index (χ2n) is 6.19. The van der Waals surface area contributed by atoms with Gasteiger partial charge in [-0.2, -0.15) is 0 Å². The van der Waals surface area contributed by atoms with Gasteiger partial charge in [0.05, 0.1) is 5.02 Å². The van der Waals surface area contributed by atoms with Gasteiger partial charge in [-0.05, 0) is 33.1 Å². The zero-order valence-corrected chi connectivity index (χ0v) is 13.3. The predicted molar refractivity (Wildman–Crippen MR) is 81.3 cm³/mol. The van der Waals surface area contributed by atoms with Gasteiger partial charge in [0.2, 0.25) is 0 Å². The van der Waals surface area contributed by atoms with Crippen molar-refractivity contribution in [1.29, 1.82) is 0 Å². The van der Waals surface area contributed by atoms with E-state index in [-0.39, 0.29) is 5.91 Å². The molecule has 1 aromatic rings. The van der Waals surface area contributed by atoms with Crippen LogP contribution in [0, 0.1) is 0 Å². The van der Waals surface area contributed by atoms with Crippen molar-refractivity contribution in [1.82, 2.24) is 19.8 Å². The Morgan fingerprint density at radius 3 is 2.81 bits per heavy atom. The minimum Gasteiger partial charge on any atom is -0.336 e. The molecule has 0 aliphatic carbocycles. The summed E-state index contributed by atoms with van der Waals surface area (Å²) < 4.78 is 0. The van der Waals surface area contributed by atoms with Gasteiger partial charge in [-0.15, -0.1) is 0 Å². The van der Waals surface area contributed by atoms with E-state index < -0.39 is 0 Å². The van der Waals surface area contributed by atoms with Crippen molar-refractivity contribution in [2.45, 2.75) is 51.2 Å². The SMILES string of the molecule is CC(C)N1C2CCC1CN(C(=O)c1ncncc1Cl)CC2. The van der Waals surface area contributed by atoms with Crippen LogP contribution in [0.1, 0.15) is 43.6 Å². The lowest BCUT2D eigenvalue weighted by Gasteiger charge is -2.32. The summed E-state index contributed by atoms with van der Waals surface area (Å²) in [7, 11) is 0. The van der Waals surface area contributed by atoms with Gasteiger partial charge >= 0.3 is 0 Å². The molecule has 5 nitrogen and oxygen atoms in total. The van der Waals surface area contributed by atoms with E-state index in [1.807, 2.05) is 4.90 Å². The standard InChI is InChI=1S/C15H21ClN4O/c1-10(2)20-11-3-4-12(20)8-19(6-5-11)15(21)14-13(16)7-17-9-18-14/h7,9-12H,3-6,8H2,1-2H3. The van der Waals surface area contributed by atoms with Crippen molar-refractivity contribution in [3.8, 4) is 0 Å². The molecule has 2 saturated heterocycles. The number of likely N-dealkylation sites (tertiary alicyclic amines) is 1. The molecule has 0 N–H and O–H groups in total. The summed E-state index contributed by atoms with van der Waals surface area (Å²) in [5.74, 6) is -0.0707. The first kappa shape index (κ1) is 14.7. The highest BCUT2D eigenvalue weighted by atomic mass is 35.5. The van der Waals surface area contributed by atoms with Crippen LogP contribution in [0.5, 0.6) is 0 Å². The molecule has 2 atom stereocenters. The molecule has 0 spiro atoms. The topological polar surface area (TPSA) is 49.3 Å². The molecule has 0 aromatic carbocycles. The highest BCUT2D eigenvalue weighted by Crippen LogP contribution is 2.32. The number of hydrogen-bond donors (Lipinski definition) is 0. The molecule has 2 aliphatic rings. The Morgan fingerprint density at radius 1 is 1.33 bits per heavy atom. The maximum atomic E-state index is 12.7. The van der Waals surface area contributed by atoms with Gasteiger partial charge in [0, 0.05) is 37.4 Å². The first-order valence-corrected chi connectivity index (χ1v) is 7.98. The van der Waals surface area contributed by atoms with Crippen LogP contribution in [0.4, 0.5) is 0 Å². The van der Waals surface area contributed by atoms with Crippen LogP contribution in [0.25, 0.3) is 0 Å². The van der Waals surface area contributed by atoms with Crippen LogP contribution >= 0.6 is 11.6 Å². The second kappa shape index (κ2) is 5.89. The van der Waals surface area contributed by atoms with Gasteiger partial charge in [0.15, 0.2) is 0 Å². The van der Waals surface area contributed by atoms with Gasteiger partial charge in [-0.25, -0.2) is 9.97 Å². The number of fused-ring (bicyclic) bond motifs is 2. The molecule has 21 heavy (non-hydrogen) atoms. The molecular formula is C15H21ClN4O. The largest absolute Gasteiger partial charge is 0.336 e. The fourth-order valence-electron chi connectivity index (χ4n) is 3.76. The Hall–Kier alpha value is -1.20. The average Bonchev–Trinajstić information content (AvgIpc) is 2.73. The van der Waals surface area contributed by atoms with E-state index in [2.05, 4.69) is 28.7 Å². The monoisotopic (exact) mass is 308 g/mol. The average molecular weight is 309 g/mol. The number of aromatic nitrogens is 2. The van der Waals surface area contributed by atoms with Crippen molar-refractivity contribution in [3.63, 3.8) is 0 Å². The highest BCUT2D eigenvalue weighted by Gasteiger charge is 2.39. The van der Waals surface area contributed by atoms with E-state index in [0.29, 0.717) is 28.8 Å². The molecule has 1 aromatic heterocycles. The lowest BCUT2D eigenvalue weighted by atomic mass is 10.1. The first-order chi connectivity index (χ1) is 10.1. The number of nitrogens with zero attached hydrogens (tertiary/aromatic N) is 4. The highest BCUT2D eigenvalue weighted by molar-refractivity contribution is 6.33. The number of rotatable bonds is 2. The lowest BCUT2D eigenvalue weighted by Crippen LogP contribution is -2.44. The second-order valence-corrected chi connectivity index (χ2v) is 6.59. The van der Waals surface area contributed by atoms with Gasteiger partial charge in [-0.1, -0.05) is 11.6 Å². The van der Waals surface area contributed by atoms with Crippen molar-refractivity contribution < 1.29 is 4.79 Å². The molecule has 0 saturated carbocycles. The summed E-state index contributed by atoms with van der Waals surface area (Å²) >= 11 is 6.05. The van der Waals surface area contributed by atoms with E-state index >= 15 is 0 Å². The number of carbonyl (C=O) groups excluding carboxylic acids is 1. The summed E-state index contributed by atoms with van der Waals surface area (Å²) in [6, 6.07) is 1.59. The Bertz CT molecular complexity index is 536. The van der Waals surface area contributed by atoms with Gasteiger partial charge in [-0.3, -0.25) is 9.69 Å². The Morgan fingerprint density at radius 2 is 2.10 bits per heavy atom. The Kier molecular flexibility index (Phi) is 4.13. The van der Waals surface area contributed by atoms with E-state index in [0.717, 1.165) is 19.5 Å². The van der Waals surface area contributed by atoms with Crippen molar-refractivity contribution in [2.75, 3.05) is 13.1 Å². The Labute approximate surface area is 130 Å². The summed E-state index contributed by atoms with van der Waals surface area (Å²) in [4.78, 5) is 25.0. The number of halogens is 1. The third kappa shape index (κ3) is 2.77. The summed E-state index contributed by atoms with van der Waals surface area (Å²) in [5.41, 5.74) is 0.320.